The first kappa shape index (κ1) is 31.6. The molecule has 4 heterocycles. The molecule has 3 unspecified atom stereocenters. The number of carboxylic acids is 2. The molecule has 3 N–H and O–H groups in total. The highest BCUT2D eigenvalue weighted by molar-refractivity contribution is 6.36. The number of hydrogen-bond acceptors (Lipinski definition) is 6. The van der Waals surface area contributed by atoms with Gasteiger partial charge in [0.2, 0.25) is 5.91 Å². The van der Waals surface area contributed by atoms with Gasteiger partial charge in [0.05, 0.1) is 23.5 Å². The van der Waals surface area contributed by atoms with Gasteiger partial charge < -0.3 is 20.4 Å². The van der Waals surface area contributed by atoms with Crippen molar-refractivity contribution in [1.29, 1.82) is 0 Å². The Kier molecular flexibility index (Phi) is 9.24. The molecule has 9 nitrogen and oxygen atoms in total. The summed E-state index contributed by atoms with van der Waals surface area (Å²) in [6.45, 7) is 5.21. The minimum Gasteiger partial charge on any atom is -0.478 e. The summed E-state index contributed by atoms with van der Waals surface area (Å²) < 4.78 is 0. The number of halogens is 2. The number of benzene rings is 2. The summed E-state index contributed by atoms with van der Waals surface area (Å²) in [6.07, 6.45) is 4.54. The molecular formula is C34H38Cl2N4O5. The predicted octanol–water partition coefficient (Wildman–Crippen LogP) is 5.11. The second kappa shape index (κ2) is 13.2. The van der Waals surface area contributed by atoms with Gasteiger partial charge in [0, 0.05) is 77.9 Å². The predicted molar refractivity (Wildman–Crippen MR) is 172 cm³/mol. The number of piperidine rings is 1. The number of aliphatic carboxylic acids is 2. The van der Waals surface area contributed by atoms with Crippen LogP contribution in [-0.4, -0.2) is 87.1 Å². The highest BCUT2D eigenvalue weighted by Gasteiger charge is 2.43. The Hall–Kier alpha value is -3.37. The van der Waals surface area contributed by atoms with Crippen molar-refractivity contribution in [3.05, 3.63) is 92.2 Å². The van der Waals surface area contributed by atoms with Crippen molar-refractivity contribution in [2.45, 2.75) is 69.6 Å². The van der Waals surface area contributed by atoms with Crippen molar-refractivity contribution in [2.75, 3.05) is 26.2 Å². The smallest absolute Gasteiger partial charge is 0.334 e. The van der Waals surface area contributed by atoms with Gasteiger partial charge in [0.1, 0.15) is 0 Å². The van der Waals surface area contributed by atoms with E-state index in [1.54, 1.807) is 30.0 Å². The van der Waals surface area contributed by atoms with Crippen LogP contribution in [0.1, 0.15) is 56.1 Å². The number of carboxylic acid groups (broad SMARTS) is 2. The van der Waals surface area contributed by atoms with E-state index in [0.717, 1.165) is 32.5 Å². The zero-order valence-corrected chi connectivity index (χ0v) is 26.7. The molecule has 0 aromatic heterocycles. The summed E-state index contributed by atoms with van der Waals surface area (Å²) in [6, 6.07) is 17.0. The monoisotopic (exact) mass is 652 g/mol. The molecular weight excluding hydrogens is 615 g/mol. The largest absolute Gasteiger partial charge is 0.478 e. The number of nitrogens with zero attached hydrogens (tertiary/aromatic N) is 3. The molecule has 1 amide bonds. The average molecular weight is 654 g/mol. The lowest BCUT2D eigenvalue weighted by atomic mass is 9.79. The molecule has 0 saturated carbocycles. The number of carbonyl (C=O) groups excluding carboxylic acids is 1. The van der Waals surface area contributed by atoms with Crippen molar-refractivity contribution in [2.24, 2.45) is 0 Å². The molecule has 2 aromatic carbocycles. The summed E-state index contributed by atoms with van der Waals surface area (Å²) in [4.78, 5) is 45.6. The molecule has 11 heteroatoms. The quantitative estimate of drug-likeness (QED) is 0.361. The molecule has 2 bridgehead atoms. The zero-order valence-electron chi connectivity index (χ0n) is 25.2. The number of carbonyl (C=O) groups is 3. The van der Waals surface area contributed by atoms with Crippen LogP contribution < -0.4 is 5.32 Å². The van der Waals surface area contributed by atoms with Gasteiger partial charge in [-0.1, -0.05) is 59.6 Å². The number of hydrogen-bond donors (Lipinski definition) is 3. The SMILES string of the molecule is CC1=C(C(=O)O)C(c2c(Cl)cccc2Cl)C(C(=O)O)=C(CC(=O)N2CCN(C3CC4CCC(C3)N4Cc3ccccc3)CC2)N1. The van der Waals surface area contributed by atoms with Crippen LogP contribution in [-0.2, 0) is 20.9 Å². The Bertz CT molecular complexity index is 1520. The van der Waals surface area contributed by atoms with Crippen molar-refractivity contribution in [3.8, 4) is 0 Å². The van der Waals surface area contributed by atoms with Gasteiger partial charge in [-0.2, -0.15) is 0 Å². The standard InChI is InChI=1S/C34H38Cl2N4O5/c1-20-29(33(42)43)32(30-25(35)8-5-9-26(30)36)31(34(44)45)27(37-20)18-28(41)39-14-12-38(13-15-39)24-16-22-10-11-23(17-24)40(22)19-21-6-3-2-4-7-21/h2-9,22-24,32,37H,10-19H2,1H3,(H,42,43)(H,44,45). The number of allylic oxidation sites excluding steroid dienone is 1. The molecule has 4 aliphatic rings. The van der Waals surface area contributed by atoms with E-state index < -0.39 is 17.9 Å². The van der Waals surface area contributed by atoms with Gasteiger partial charge in [-0.15, -0.1) is 0 Å². The van der Waals surface area contributed by atoms with Crippen LogP contribution in [0.5, 0.6) is 0 Å². The fourth-order valence-corrected chi connectivity index (χ4v) is 8.46. The van der Waals surface area contributed by atoms with Gasteiger partial charge in [-0.25, -0.2) is 9.59 Å². The Morgan fingerprint density at radius 1 is 0.822 bits per heavy atom. The molecule has 2 aromatic rings. The summed E-state index contributed by atoms with van der Waals surface area (Å²) >= 11 is 12.9. The highest BCUT2D eigenvalue weighted by atomic mass is 35.5. The molecule has 0 spiro atoms. The lowest BCUT2D eigenvalue weighted by molar-refractivity contribution is -0.133. The lowest BCUT2D eigenvalue weighted by Crippen LogP contribution is -2.56. The highest BCUT2D eigenvalue weighted by Crippen LogP contribution is 2.45. The fraction of sp³-hybridized carbons (Fsp3) is 0.441. The summed E-state index contributed by atoms with van der Waals surface area (Å²) in [5.41, 5.74) is 1.54. The molecule has 0 aliphatic carbocycles. The van der Waals surface area contributed by atoms with Crippen LogP contribution in [0.25, 0.3) is 0 Å². The molecule has 6 rings (SSSR count). The van der Waals surface area contributed by atoms with E-state index in [1.807, 2.05) is 0 Å². The van der Waals surface area contributed by atoms with Crippen molar-refractivity contribution < 1.29 is 24.6 Å². The third-order valence-electron chi connectivity index (χ3n) is 9.97. The minimum absolute atomic E-state index is 0.153. The number of piperazine rings is 1. The van der Waals surface area contributed by atoms with E-state index in [2.05, 4.69) is 45.4 Å². The van der Waals surface area contributed by atoms with Crippen molar-refractivity contribution in [3.63, 3.8) is 0 Å². The first-order valence-electron chi connectivity index (χ1n) is 15.5. The van der Waals surface area contributed by atoms with Crippen molar-refractivity contribution >= 4 is 41.0 Å². The summed E-state index contributed by atoms with van der Waals surface area (Å²) in [5, 5.41) is 23.6. The molecule has 45 heavy (non-hydrogen) atoms. The lowest BCUT2D eigenvalue weighted by Gasteiger charge is -2.46. The topological polar surface area (TPSA) is 113 Å². The van der Waals surface area contributed by atoms with Crippen LogP contribution in [0.2, 0.25) is 10.0 Å². The number of rotatable bonds is 8. The van der Waals surface area contributed by atoms with E-state index in [0.29, 0.717) is 31.2 Å². The summed E-state index contributed by atoms with van der Waals surface area (Å²) in [7, 11) is 0. The number of dihydropyridines is 1. The molecule has 3 fully saturated rings. The van der Waals surface area contributed by atoms with E-state index in [-0.39, 0.29) is 50.5 Å². The normalized spacial score (nSPS) is 25.8. The Morgan fingerprint density at radius 2 is 1.42 bits per heavy atom. The first-order valence-corrected chi connectivity index (χ1v) is 16.3. The Morgan fingerprint density at radius 3 is 2.00 bits per heavy atom. The third kappa shape index (κ3) is 6.36. The van der Waals surface area contributed by atoms with Crippen LogP contribution in [0.4, 0.5) is 0 Å². The van der Waals surface area contributed by atoms with Crippen LogP contribution in [0.3, 0.4) is 0 Å². The average Bonchev–Trinajstić information content (AvgIpc) is 3.22. The third-order valence-corrected chi connectivity index (χ3v) is 10.6. The molecule has 238 valence electrons. The number of fused-ring (bicyclic) bond motifs is 2. The first-order chi connectivity index (χ1) is 21.6. The summed E-state index contributed by atoms with van der Waals surface area (Å²) in [5.74, 6) is -4.08. The zero-order chi connectivity index (χ0) is 31.8. The fourth-order valence-electron chi connectivity index (χ4n) is 7.84. The van der Waals surface area contributed by atoms with E-state index in [9.17, 15) is 24.6 Å². The maximum atomic E-state index is 13.6. The molecule has 4 aliphatic heterocycles. The van der Waals surface area contributed by atoms with Gasteiger partial charge >= 0.3 is 11.9 Å². The van der Waals surface area contributed by atoms with Gasteiger partial charge in [0.15, 0.2) is 0 Å². The van der Waals surface area contributed by atoms with Crippen LogP contribution >= 0.6 is 23.2 Å². The molecule has 3 atom stereocenters. The van der Waals surface area contributed by atoms with E-state index >= 15 is 0 Å². The number of amides is 1. The van der Waals surface area contributed by atoms with Gasteiger partial charge in [-0.3, -0.25) is 14.6 Å². The Balaban J connectivity index is 1.13. The second-order valence-corrected chi connectivity index (χ2v) is 13.3. The number of nitrogens with one attached hydrogen (secondary N) is 1. The van der Waals surface area contributed by atoms with Crippen LogP contribution in [0, 0.1) is 0 Å². The van der Waals surface area contributed by atoms with Crippen LogP contribution in [0.15, 0.2) is 71.1 Å². The van der Waals surface area contributed by atoms with Crippen molar-refractivity contribution in [1.82, 2.24) is 20.0 Å². The van der Waals surface area contributed by atoms with E-state index in [1.165, 1.54) is 18.4 Å². The Labute approximate surface area is 273 Å². The minimum atomic E-state index is -1.34. The van der Waals surface area contributed by atoms with E-state index in [4.69, 9.17) is 23.2 Å². The maximum absolute atomic E-state index is 13.6. The van der Waals surface area contributed by atoms with Gasteiger partial charge in [0.25, 0.3) is 0 Å². The molecule has 0 radical (unpaired) electrons. The molecule has 3 saturated heterocycles. The van der Waals surface area contributed by atoms with Gasteiger partial charge in [-0.05, 0) is 50.3 Å². The maximum Gasteiger partial charge on any atom is 0.334 e. The second-order valence-electron chi connectivity index (χ2n) is 12.5.